The van der Waals surface area contributed by atoms with Crippen LogP contribution in [0.25, 0.3) is 0 Å². The minimum Gasteiger partial charge on any atom is -0.384 e. The number of benzene rings is 1. The van der Waals surface area contributed by atoms with Gasteiger partial charge in [-0.1, -0.05) is 12.1 Å². The lowest BCUT2D eigenvalue weighted by molar-refractivity contribution is 0.394. The van der Waals surface area contributed by atoms with Gasteiger partial charge in [0.1, 0.15) is 11.7 Å². The average molecular weight is 220 g/mol. The van der Waals surface area contributed by atoms with Crippen molar-refractivity contribution in [3.8, 4) is 0 Å². The molecule has 4 nitrogen and oxygen atoms in total. The van der Waals surface area contributed by atoms with Crippen molar-refractivity contribution in [1.29, 1.82) is 0 Å². The van der Waals surface area contributed by atoms with Crippen LogP contribution in [0.4, 0.5) is 4.39 Å². The molecule has 1 unspecified atom stereocenters. The zero-order valence-corrected chi connectivity index (χ0v) is 8.87. The maximum absolute atomic E-state index is 12.8. The monoisotopic (exact) mass is 220 g/mol. The van der Waals surface area contributed by atoms with E-state index in [1.165, 1.54) is 12.1 Å². The summed E-state index contributed by atoms with van der Waals surface area (Å²) in [5, 5.41) is 3.01. The first-order valence-corrected chi connectivity index (χ1v) is 4.86. The molecule has 1 atom stereocenters. The molecule has 16 heavy (non-hydrogen) atoms. The number of amidine groups is 1. The third kappa shape index (κ3) is 1.90. The third-order valence-electron chi connectivity index (χ3n) is 2.34. The zero-order valence-electron chi connectivity index (χ0n) is 8.87. The number of nitrogens with two attached hydrogens (primary N) is 2. The smallest absolute Gasteiger partial charge is 0.211 e. The van der Waals surface area contributed by atoms with Crippen LogP contribution >= 0.6 is 0 Å². The molecule has 5 heteroatoms. The van der Waals surface area contributed by atoms with Crippen molar-refractivity contribution in [2.24, 2.45) is 16.5 Å². The number of nitrogens with one attached hydrogen (secondary N) is 1. The highest BCUT2D eigenvalue weighted by atomic mass is 19.1. The van der Waals surface area contributed by atoms with Crippen molar-refractivity contribution in [3.63, 3.8) is 0 Å². The Hall–Kier alpha value is -1.88. The van der Waals surface area contributed by atoms with Gasteiger partial charge in [-0.05, 0) is 25.1 Å². The zero-order chi connectivity index (χ0) is 11.8. The lowest BCUT2D eigenvalue weighted by atomic mass is 10.1. The first-order valence-electron chi connectivity index (χ1n) is 4.86. The predicted octanol–water partition coefficient (Wildman–Crippen LogP) is 0.759. The number of nitrogens with zero attached hydrogens (tertiary/aromatic N) is 1. The molecule has 0 spiro atoms. The summed E-state index contributed by atoms with van der Waals surface area (Å²) in [7, 11) is 0. The number of hydrogen-bond donors (Lipinski definition) is 3. The second kappa shape index (κ2) is 3.61. The summed E-state index contributed by atoms with van der Waals surface area (Å²) in [6, 6.07) is 5.84. The maximum atomic E-state index is 12.8. The Balaban J connectivity index is 2.40. The van der Waals surface area contributed by atoms with E-state index >= 15 is 0 Å². The summed E-state index contributed by atoms with van der Waals surface area (Å²) in [5.74, 6) is -1.08. The Morgan fingerprint density at radius 3 is 2.50 bits per heavy atom. The molecule has 0 bridgehead atoms. The number of allylic oxidation sites excluding steroid dienone is 1. The van der Waals surface area contributed by atoms with Gasteiger partial charge in [-0.2, -0.15) is 0 Å². The van der Waals surface area contributed by atoms with E-state index in [1.807, 2.05) is 6.92 Å². The third-order valence-corrected chi connectivity index (χ3v) is 2.34. The first kappa shape index (κ1) is 10.6. The highest BCUT2D eigenvalue weighted by Crippen LogP contribution is 2.21. The predicted molar refractivity (Wildman–Crippen MR) is 60.8 cm³/mol. The molecule has 0 radical (unpaired) electrons. The molecule has 1 aliphatic heterocycles. The minimum absolute atomic E-state index is 0.313. The van der Waals surface area contributed by atoms with E-state index in [0.29, 0.717) is 11.4 Å². The van der Waals surface area contributed by atoms with E-state index in [0.717, 1.165) is 5.70 Å². The fourth-order valence-corrected chi connectivity index (χ4v) is 1.66. The molecule has 2 rings (SSSR count). The van der Waals surface area contributed by atoms with Crippen molar-refractivity contribution in [1.82, 2.24) is 5.32 Å². The Morgan fingerprint density at radius 1 is 1.31 bits per heavy atom. The van der Waals surface area contributed by atoms with Crippen molar-refractivity contribution in [3.05, 3.63) is 47.4 Å². The summed E-state index contributed by atoms with van der Waals surface area (Å²) in [5.41, 5.74) is 13.2. The summed E-state index contributed by atoms with van der Waals surface area (Å²) in [6.07, 6.45) is 1.69. The van der Waals surface area contributed by atoms with E-state index in [2.05, 4.69) is 10.3 Å². The second-order valence-corrected chi connectivity index (χ2v) is 3.76. The standard InChI is InChI=1S/C11H13FN4/c1-7-6-10(13)16-11(14,15-7)8-2-4-9(12)5-3-8/h2-6,15H,14H2,1H3,(H2,13,16). The van der Waals surface area contributed by atoms with E-state index < -0.39 is 5.79 Å². The van der Waals surface area contributed by atoms with Crippen LogP contribution in [0.2, 0.25) is 0 Å². The van der Waals surface area contributed by atoms with Crippen LogP contribution < -0.4 is 16.8 Å². The van der Waals surface area contributed by atoms with Gasteiger partial charge < -0.3 is 11.1 Å². The Kier molecular flexibility index (Phi) is 2.40. The van der Waals surface area contributed by atoms with Crippen molar-refractivity contribution in [2.45, 2.75) is 12.7 Å². The van der Waals surface area contributed by atoms with Crippen LogP contribution in [0, 0.1) is 5.82 Å². The second-order valence-electron chi connectivity index (χ2n) is 3.76. The molecule has 0 aliphatic carbocycles. The molecule has 1 aromatic carbocycles. The topological polar surface area (TPSA) is 76.4 Å². The first-order chi connectivity index (χ1) is 7.49. The quantitative estimate of drug-likeness (QED) is 0.654. The van der Waals surface area contributed by atoms with Gasteiger partial charge in [0.15, 0.2) is 0 Å². The molecule has 0 amide bonds. The van der Waals surface area contributed by atoms with Gasteiger partial charge >= 0.3 is 0 Å². The number of aliphatic imine (C=N–C) groups is 1. The Labute approximate surface area is 92.9 Å². The molecule has 0 aromatic heterocycles. The van der Waals surface area contributed by atoms with E-state index in [9.17, 15) is 4.39 Å². The van der Waals surface area contributed by atoms with Crippen molar-refractivity contribution in [2.75, 3.05) is 0 Å². The van der Waals surface area contributed by atoms with E-state index in [4.69, 9.17) is 11.5 Å². The van der Waals surface area contributed by atoms with Crippen molar-refractivity contribution < 1.29 is 4.39 Å². The summed E-state index contributed by atoms with van der Waals surface area (Å²) in [6.45, 7) is 1.84. The summed E-state index contributed by atoms with van der Waals surface area (Å²) in [4.78, 5) is 4.13. The minimum atomic E-state index is -1.11. The Bertz CT molecular complexity index is 463. The largest absolute Gasteiger partial charge is 0.384 e. The van der Waals surface area contributed by atoms with Crippen LogP contribution in [-0.4, -0.2) is 5.84 Å². The molecule has 0 saturated carbocycles. The Morgan fingerprint density at radius 2 is 1.94 bits per heavy atom. The molecule has 0 saturated heterocycles. The van der Waals surface area contributed by atoms with Crippen molar-refractivity contribution >= 4 is 5.84 Å². The average Bonchev–Trinajstić information content (AvgIpc) is 2.16. The van der Waals surface area contributed by atoms with Crippen LogP contribution in [0.1, 0.15) is 12.5 Å². The van der Waals surface area contributed by atoms with Gasteiger partial charge in [0, 0.05) is 11.3 Å². The number of halogens is 1. The molecule has 84 valence electrons. The molecule has 5 N–H and O–H groups in total. The molecule has 0 fully saturated rings. The SMILES string of the molecule is CC1=CC(N)=NC(N)(c2ccc(F)cc2)N1. The van der Waals surface area contributed by atoms with Crippen LogP contribution in [0.15, 0.2) is 41.0 Å². The fraction of sp³-hybridized carbons (Fsp3) is 0.182. The van der Waals surface area contributed by atoms with Gasteiger partial charge in [0.25, 0.3) is 0 Å². The number of rotatable bonds is 1. The molecular formula is C11H13FN4. The normalized spacial score (nSPS) is 24.4. The van der Waals surface area contributed by atoms with Crippen LogP contribution in [0.5, 0.6) is 0 Å². The van der Waals surface area contributed by atoms with Crippen LogP contribution in [-0.2, 0) is 5.79 Å². The lowest BCUT2D eigenvalue weighted by Gasteiger charge is -2.31. The van der Waals surface area contributed by atoms with E-state index in [-0.39, 0.29) is 5.82 Å². The number of hydrogen-bond acceptors (Lipinski definition) is 4. The highest BCUT2D eigenvalue weighted by Gasteiger charge is 2.28. The molecule has 1 aromatic rings. The van der Waals surface area contributed by atoms with Gasteiger partial charge in [0.05, 0.1) is 0 Å². The summed E-state index contributed by atoms with van der Waals surface area (Å²) >= 11 is 0. The van der Waals surface area contributed by atoms with Gasteiger partial charge in [-0.25, -0.2) is 9.38 Å². The van der Waals surface area contributed by atoms with Gasteiger partial charge in [0.2, 0.25) is 5.79 Å². The summed E-state index contributed by atoms with van der Waals surface area (Å²) < 4.78 is 12.8. The van der Waals surface area contributed by atoms with E-state index in [1.54, 1.807) is 18.2 Å². The van der Waals surface area contributed by atoms with Gasteiger partial charge in [-0.3, -0.25) is 5.73 Å². The molecular weight excluding hydrogens is 207 g/mol. The molecule has 1 heterocycles. The lowest BCUT2D eigenvalue weighted by Crippen LogP contribution is -2.51. The highest BCUT2D eigenvalue weighted by molar-refractivity contribution is 5.93. The molecule has 1 aliphatic rings. The fourth-order valence-electron chi connectivity index (χ4n) is 1.66. The van der Waals surface area contributed by atoms with Crippen LogP contribution in [0.3, 0.4) is 0 Å². The maximum Gasteiger partial charge on any atom is 0.211 e. The van der Waals surface area contributed by atoms with Gasteiger partial charge in [-0.15, -0.1) is 0 Å².